The molecular formula is C14H14N4O2. The number of aromatic nitrogens is 2. The monoisotopic (exact) mass is 270 g/mol. The number of aromatic amines is 1. The summed E-state index contributed by atoms with van der Waals surface area (Å²) in [5.41, 5.74) is 2.46. The smallest absolute Gasteiger partial charge is 0.244 e. The van der Waals surface area contributed by atoms with Crippen molar-refractivity contribution >= 4 is 17.5 Å². The van der Waals surface area contributed by atoms with Gasteiger partial charge in [-0.05, 0) is 17.7 Å². The van der Waals surface area contributed by atoms with E-state index in [-0.39, 0.29) is 24.8 Å². The molecule has 1 aromatic heterocycles. The summed E-state index contributed by atoms with van der Waals surface area (Å²) in [5.74, 6) is -0.269. The predicted molar refractivity (Wildman–Crippen MR) is 72.8 cm³/mol. The Bertz CT molecular complexity index is 636. The molecule has 0 atom stereocenters. The fraction of sp³-hybridized carbons (Fsp3) is 0.214. The van der Waals surface area contributed by atoms with Crippen molar-refractivity contribution in [1.82, 2.24) is 15.1 Å². The van der Waals surface area contributed by atoms with Crippen LogP contribution in [0.2, 0.25) is 0 Å². The van der Waals surface area contributed by atoms with Crippen molar-refractivity contribution in [2.75, 3.05) is 11.9 Å². The van der Waals surface area contributed by atoms with Crippen molar-refractivity contribution in [1.29, 1.82) is 0 Å². The van der Waals surface area contributed by atoms with E-state index in [9.17, 15) is 9.59 Å². The third-order valence-corrected chi connectivity index (χ3v) is 3.24. The zero-order valence-corrected chi connectivity index (χ0v) is 10.8. The van der Waals surface area contributed by atoms with E-state index >= 15 is 0 Å². The maximum absolute atomic E-state index is 12.3. The highest BCUT2D eigenvalue weighted by molar-refractivity contribution is 5.96. The molecule has 102 valence electrons. The van der Waals surface area contributed by atoms with Gasteiger partial charge in [0.1, 0.15) is 6.54 Å². The van der Waals surface area contributed by atoms with Gasteiger partial charge in [0.25, 0.3) is 0 Å². The highest BCUT2D eigenvalue weighted by atomic mass is 16.2. The Morgan fingerprint density at radius 3 is 2.90 bits per heavy atom. The van der Waals surface area contributed by atoms with Gasteiger partial charge in [0.05, 0.1) is 6.42 Å². The largest absolute Gasteiger partial charge is 0.329 e. The average molecular weight is 270 g/mol. The molecule has 0 spiro atoms. The van der Waals surface area contributed by atoms with Crippen LogP contribution in [-0.2, 0) is 22.6 Å². The van der Waals surface area contributed by atoms with Crippen molar-refractivity contribution in [2.45, 2.75) is 13.0 Å². The molecule has 6 nitrogen and oxygen atoms in total. The first-order valence-electron chi connectivity index (χ1n) is 6.36. The van der Waals surface area contributed by atoms with Crippen LogP contribution in [-0.4, -0.2) is 33.5 Å². The van der Waals surface area contributed by atoms with Gasteiger partial charge in [-0.2, -0.15) is 5.10 Å². The second-order valence-corrected chi connectivity index (χ2v) is 4.71. The Balaban J connectivity index is 1.80. The number of para-hydroxylation sites is 1. The zero-order chi connectivity index (χ0) is 13.9. The summed E-state index contributed by atoms with van der Waals surface area (Å²) in [6.07, 6.45) is 1.82. The van der Waals surface area contributed by atoms with Gasteiger partial charge in [-0.1, -0.05) is 18.2 Å². The van der Waals surface area contributed by atoms with Crippen LogP contribution in [0.1, 0.15) is 11.3 Å². The van der Waals surface area contributed by atoms with Gasteiger partial charge in [-0.3, -0.25) is 14.7 Å². The van der Waals surface area contributed by atoms with E-state index in [4.69, 9.17) is 0 Å². The summed E-state index contributed by atoms with van der Waals surface area (Å²) < 4.78 is 0. The third-order valence-electron chi connectivity index (χ3n) is 3.24. The summed E-state index contributed by atoms with van der Waals surface area (Å²) in [6.45, 7) is 0.504. The van der Waals surface area contributed by atoms with Crippen LogP contribution in [0.5, 0.6) is 0 Å². The number of amides is 2. The molecule has 0 radical (unpaired) electrons. The standard InChI is InChI=1S/C14H14N4O2/c19-13-9-18(14(20)7-11-5-6-15-17-11)8-10-3-1-2-4-12(10)16-13/h1-6H,7-9H2,(H,15,17)(H,16,19). The summed E-state index contributed by atoms with van der Waals surface area (Å²) in [5, 5.41) is 9.38. The number of hydrogen-bond donors (Lipinski definition) is 2. The lowest BCUT2D eigenvalue weighted by atomic mass is 10.1. The van der Waals surface area contributed by atoms with Crippen LogP contribution in [0.15, 0.2) is 36.5 Å². The molecule has 20 heavy (non-hydrogen) atoms. The first-order chi connectivity index (χ1) is 9.72. The fourth-order valence-corrected chi connectivity index (χ4v) is 2.24. The molecule has 2 N–H and O–H groups in total. The van der Waals surface area contributed by atoms with Crippen molar-refractivity contribution in [3.8, 4) is 0 Å². The number of carbonyl (C=O) groups is 2. The number of H-pyrrole nitrogens is 1. The Kier molecular flexibility index (Phi) is 3.20. The van der Waals surface area contributed by atoms with Gasteiger partial charge < -0.3 is 10.2 Å². The van der Waals surface area contributed by atoms with Crippen LogP contribution in [0.4, 0.5) is 5.69 Å². The van der Waals surface area contributed by atoms with Gasteiger partial charge in [-0.25, -0.2) is 0 Å². The minimum Gasteiger partial charge on any atom is -0.329 e. The number of nitrogens with zero attached hydrogens (tertiary/aromatic N) is 2. The van der Waals surface area contributed by atoms with Crippen LogP contribution >= 0.6 is 0 Å². The third kappa shape index (κ3) is 2.54. The van der Waals surface area contributed by atoms with Crippen molar-refractivity contribution < 1.29 is 9.59 Å². The zero-order valence-electron chi connectivity index (χ0n) is 10.8. The molecule has 2 heterocycles. The molecule has 1 aliphatic rings. The normalized spacial score (nSPS) is 14.4. The van der Waals surface area contributed by atoms with Crippen LogP contribution in [0.3, 0.4) is 0 Å². The highest BCUT2D eigenvalue weighted by Crippen LogP contribution is 2.20. The molecule has 2 amide bonds. The molecule has 0 unspecified atom stereocenters. The second kappa shape index (κ2) is 5.16. The van der Waals surface area contributed by atoms with E-state index in [2.05, 4.69) is 15.5 Å². The van der Waals surface area contributed by atoms with Crippen molar-refractivity contribution in [3.05, 3.63) is 47.8 Å². The van der Waals surface area contributed by atoms with Crippen LogP contribution < -0.4 is 5.32 Å². The van der Waals surface area contributed by atoms with E-state index < -0.39 is 0 Å². The lowest BCUT2D eigenvalue weighted by Crippen LogP contribution is -2.36. The Hall–Kier alpha value is -2.63. The SMILES string of the molecule is O=C1CN(C(=O)Cc2ccn[nH]2)Cc2ccccc2N1. The summed E-state index contributed by atoms with van der Waals surface area (Å²) in [6, 6.07) is 9.27. The molecule has 3 rings (SSSR count). The topological polar surface area (TPSA) is 78.1 Å². The number of anilines is 1. The molecule has 2 aromatic rings. The molecule has 1 aliphatic heterocycles. The van der Waals surface area contributed by atoms with Gasteiger partial charge in [-0.15, -0.1) is 0 Å². The maximum Gasteiger partial charge on any atom is 0.244 e. The summed E-state index contributed by atoms with van der Waals surface area (Å²) in [4.78, 5) is 25.7. The molecule has 0 aliphatic carbocycles. The van der Waals surface area contributed by atoms with Gasteiger partial charge >= 0.3 is 0 Å². The Morgan fingerprint density at radius 2 is 2.10 bits per heavy atom. The van der Waals surface area contributed by atoms with Gasteiger partial charge in [0.15, 0.2) is 0 Å². The molecule has 0 saturated heterocycles. The van der Waals surface area contributed by atoms with Crippen LogP contribution in [0.25, 0.3) is 0 Å². The average Bonchev–Trinajstić information content (AvgIpc) is 2.86. The minimum absolute atomic E-state index is 0.0711. The number of rotatable bonds is 2. The molecule has 0 bridgehead atoms. The number of fused-ring (bicyclic) bond motifs is 1. The highest BCUT2D eigenvalue weighted by Gasteiger charge is 2.23. The molecular weight excluding hydrogens is 256 g/mol. The number of carbonyl (C=O) groups excluding carboxylic acids is 2. The van der Waals surface area contributed by atoms with E-state index in [1.807, 2.05) is 24.3 Å². The fourth-order valence-electron chi connectivity index (χ4n) is 2.24. The summed E-state index contributed by atoms with van der Waals surface area (Å²) >= 11 is 0. The molecule has 0 saturated carbocycles. The maximum atomic E-state index is 12.3. The van der Waals surface area contributed by atoms with E-state index in [1.165, 1.54) is 0 Å². The second-order valence-electron chi connectivity index (χ2n) is 4.71. The number of hydrogen-bond acceptors (Lipinski definition) is 3. The lowest BCUT2D eigenvalue weighted by molar-refractivity contribution is -0.134. The molecule has 1 aromatic carbocycles. The quantitative estimate of drug-likeness (QED) is 0.852. The van der Waals surface area contributed by atoms with Crippen molar-refractivity contribution in [3.63, 3.8) is 0 Å². The molecule has 6 heteroatoms. The Morgan fingerprint density at radius 1 is 1.25 bits per heavy atom. The van der Waals surface area contributed by atoms with Gasteiger partial charge in [0.2, 0.25) is 11.8 Å². The summed E-state index contributed by atoms with van der Waals surface area (Å²) in [7, 11) is 0. The minimum atomic E-state index is -0.173. The number of benzene rings is 1. The number of nitrogens with one attached hydrogen (secondary N) is 2. The van der Waals surface area contributed by atoms with Crippen LogP contribution in [0, 0.1) is 0 Å². The Labute approximate surface area is 115 Å². The van der Waals surface area contributed by atoms with Crippen molar-refractivity contribution in [2.24, 2.45) is 0 Å². The van der Waals surface area contributed by atoms with E-state index in [1.54, 1.807) is 17.2 Å². The van der Waals surface area contributed by atoms with Gasteiger partial charge in [0, 0.05) is 24.1 Å². The predicted octanol–water partition coefficient (Wildman–Crippen LogP) is 0.933. The molecule has 0 fully saturated rings. The first kappa shape index (κ1) is 12.4. The van der Waals surface area contributed by atoms with E-state index in [0.717, 1.165) is 16.9 Å². The lowest BCUT2D eigenvalue weighted by Gasteiger charge is -2.19. The van der Waals surface area contributed by atoms with E-state index in [0.29, 0.717) is 6.54 Å². The first-order valence-corrected chi connectivity index (χ1v) is 6.36.